The van der Waals surface area contributed by atoms with Crippen LogP contribution < -0.4 is 0 Å². The lowest BCUT2D eigenvalue weighted by Gasteiger charge is -2.31. The molecule has 2 atom stereocenters. The maximum atomic E-state index is 6.10. The number of ether oxygens (including phenoxy) is 4. The third-order valence-electron chi connectivity index (χ3n) is 7.36. The smallest absolute Gasteiger partial charge is 0.160 e. The van der Waals surface area contributed by atoms with Gasteiger partial charge in [0.15, 0.2) is 12.6 Å². The van der Waals surface area contributed by atoms with Crippen LogP contribution in [0.1, 0.15) is 157 Å². The van der Waals surface area contributed by atoms with Crippen molar-refractivity contribution in [3.63, 3.8) is 0 Å². The van der Waals surface area contributed by atoms with Crippen LogP contribution in [-0.2, 0) is 18.9 Å². The predicted octanol–water partition coefficient (Wildman–Crippen LogP) is 10.1. The van der Waals surface area contributed by atoms with E-state index in [1.54, 1.807) is 0 Å². The Kier molecular flexibility index (Phi) is 27.7. The van der Waals surface area contributed by atoms with Gasteiger partial charge in [0.1, 0.15) is 0 Å². The second-order valence-electron chi connectivity index (χ2n) is 10.5. The summed E-state index contributed by atoms with van der Waals surface area (Å²) in [4.78, 5) is 0. The maximum absolute atomic E-state index is 6.10. The molecule has 0 aliphatic rings. The van der Waals surface area contributed by atoms with Gasteiger partial charge in [-0.1, -0.05) is 104 Å². The summed E-state index contributed by atoms with van der Waals surface area (Å²) in [5.41, 5.74) is 0. The molecule has 0 heterocycles. The average Bonchev–Trinajstić information content (AvgIpc) is 2.87. The van der Waals surface area contributed by atoms with Gasteiger partial charge < -0.3 is 18.9 Å². The molecule has 0 N–H and O–H groups in total. The van der Waals surface area contributed by atoms with Crippen molar-refractivity contribution in [3.05, 3.63) is 0 Å². The summed E-state index contributed by atoms with van der Waals surface area (Å²) in [5.74, 6) is 0.891. The van der Waals surface area contributed by atoms with Crippen molar-refractivity contribution in [1.29, 1.82) is 0 Å². The summed E-state index contributed by atoms with van der Waals surface area (Å²) < 4.78 is 24.4. The van der Waals surface area contributed by atoms with Crippen LogP contribution >= 0.6 is 0 Å². The number of unbranched alkanes of at least 4 members (excludes halogenated alkanes) is 12. The molecule has 0 aromatic heterocycles. The van der Waals surface area contributed by atoms with Crippen LogP contribution in [0.5, 0.6) is 0 Å². The molecule has 0 saturated carbocycles. The Bertz CT molecular complexity index is 367. The molecule has 0 amide bonds. The molecule has 36 heavy (non-hydrogen) atoms. The van der Waals surface area contributed by atoms with Crippen molar-refractivity contribution in [3.8, 4) is 0 Å². The lowest BCUT2D eigenvalue weighted by atomic mass is 9.88. The molecular weight excluding hydrogens is 448 g/mol. The van der Waals surface area contributed by atoms with E-state index in [1.165, 1.54) is 103 Å². The van der Waals surface area contributed by atoms with Crippen LogP contribution in [0.15, 0.2) is 0 Å². The van der Waals surface area contributed by atoms with E-state index in [4.69, 9.17) is 18.9 Å². The summed E-state index contributed by atoms with van der Waals surface area (Å²) >= 11 is 0. The fourth-order valence-electron chi connectivity index (χ4n) is 5.29. The minimum Gasteiger partial charge on any atom is -0.353 e. The molecule has 0 aromatic carbocycles. The first-order chi connectivity index (χ1) is 17.7. The van der Waals surface area contributed by atoms with E-state index in [9.17, 15) is 0 Å². The zero-order valence-corrected chi connectivity index (χ0v) is 25.5. The standard InChI is InChI=1S/C32H66O4/c1-7-13-15-17-19-21-23-25-29(31(33-9-3)34-10-4)27-28-30(32(35-11-5)36-12-6)26-24-22-20-18-16-14-8-2/h29-32H,7-28H2,1-6H3. The second kappa shape index (κ2) is 27.9. The zero-order chi connectivity index (χ0) is 26.7. The molecule has 0 radical (unpaired) electrons. The van der Waals surface area contributed by atoms with E-state index in [2.05, 4.69) is 41.5 Å². The van der Waals surface area contributed by atoms with E-state index in [-0.39, 0.29) is 12.6 Å². The molecule has 2 unspecified atom stereocenters. The first kappa shape index (κ1) is 35.8. The van der Waals surface area contributed by atoms with E-state index < -0.39 is 0 Å². The van der Waals surface area contributed by atoms with Gasteiger partial charge in [0, 0.05) is 38.3 Å². The van der Waals surface area contributed by atoms with Crippen molar-refractivity contribution in [2.45, 2.75) is 170 Å². The molecule has 4 heteroatoms. The highest BCUT2D eigenvalue weighted by atomic mass is 16.7. The largest absolute Gasteiger partial charge is 0.353 e. The van der Waals surface area contributed by atoms with Crippen LogP contribution in [0.2, 0.25) is 0 Å². The van der Waals surface area contributed by atoms with Crippen LogP contribution in [0, 0.1) is 11.8 Å². The molecule has 0 rings (SSSR count). The Balaban J connectivity index is 4.98. The Morgan fingerprint density at radius 3 is 0.889 bits per heavy atom. The molecule has 0 spiro atoms. The monoisotopic (exact) mass is 514 g/mol. The normalized spacial score (nSPS) is 13.7. The molecule has 0 aromatic rings. The zero-order valence-electron chi connectivity index (χ0n) is 25.5. The number of rotatable bonds is 29. The van der Waals surface area contributed by atoms with Crippen molar-refractivity contribution < 1.29 is 18.9 Å². The van der Waals surface area contributed by atoms with Crippen molar-refractivity contribution in [2.24, 2.45) is 11.8 Å². The van der Waals surface area contributed by atoms with E-state index in [1.807, 2.05) is 0 Å². The molecule has 0 saturated heterocycles. The first-order valence-electron chi connectivity index (χ1n) is 16.1. The highest BCUT2D eigenvalue weighted by Gasteiger charge is 2.27. The quantitative estimate of drug-likeness (QED) is 0.0735. The predicted molar refractivity (Wildman–Crippen MR) is 156 cm³/mol. The minimum absolute atomic E-state index is 0.0862. The lowest BCUT2D eigenvalue weighted by Crippen LogP contribution is -2.31. The van der Waals surface area contributed by atoms with Gasteiger partial charge in [0.2, 0.25) is 0 Å². The van der Waals surface area contributed by atoms with Crippen molar-refractivity contribution in [1.82, 2.24) is 0 Å². The summed E-state index contributed by atoms with van der Waals surface area (Å²) in [6.45, 7) is 15.7. The SMILES string of the molecule is CCCCCCCCCC(CCC(CCCCCCCCC)C(OCC)OCC)C(OCC)OCC. The maximum Gasteiger partial charge on any atom is 0.160 e. The van der Waals surface area contributed by atoms with Crippen molar-refractivity contribution >= 4 is 0 Å². The number of hydrogen-bond donors (Lipinski definition) is 0. The summed E-state index contributed by atoms with van der Waals surface area (Å²) in [6, 6.07) is 0. The van der Waals surface area contributed by atoms with Gasteiger partial charge in [-0.05, 0) is 53.4 Å². The third-order valence-corrected chi connectivity index (χ3v) is 7.36. The molecule has 0 aliphatic heterocycles. The molecule has 4 nitrogen and oxygen atoms in total. The van der Waals surface area contributed by atoms with E-state index in [0.717, 1.165) is 12.8 Å². The summed E-state index contributed by atoms with van der Waals surface area (Å²) in [6.07, 6.45) is 23.3. The molecule has 218 valence electrons. The van der Waals surface area contributed by atoms with Gasteiger partial charge >= 0.3 is 0 Å². The van der Waals surface area contributed by atoms with Gasteiger partial charge in [0.25, 0.3) is 0 Å². The summed E-state index contributed by atoms with van der Waals surface area (Å²) in [7, 11) is 0. The van der Waals surface area contributed by atoms with Gasteiger partial charge in [-0.25, -0.2) is 0 Å². The lowest BCUT2D eigenvalue weighted by molar-refractivity contribution is -0.182. The highest BCUT2D eigenvalue weighted by molar-refractivity contribution is 4.71. The van der Waals surface area contributed by atoms with Crippen LogP contribution in [0.3, 0.4) is 0 Å². The summed E-state index contributed by atoms with van der Waals surface area (Å²) in [5, 5.41) is 0. The van der Waals surface area contributed by atoms with Crippen molar-refractivity contribution in [2.75, 3.05) is 26.4 Å². The fraction of sp³-hybridized carbons (Fsp3) is 1.00. The Labute approximate surface area is 227 Å². The molecular formula is C32H66O4. The van der Waals surface area contributed by atoms with Gasteiger partial charge in [0.05, 0.1) is 0 Å². The minimum atomic E-state index is -0.0862. The second-order valence-corrected chi connectivity index (χ2v) is 10.5. The van der Waals surface area contributed by atoms with Gasteiger partial charge in [-0.3, -0.25) is 0 Å². The van der Waals surface area contributed by atoms with Gasteiger partial charge in [-0.2, -0.15) is 0 Å². The molecule has 0 fully saturated rings. The Hall–Kier alpha value is -0.160. The number of hydrogen-bond acceptors (Lipinski definition) is 4. The van der Waals surface area contributed by atoms with Crippen LogP contribution in [0.25, 0.3) is 0 Å². The Morgan fingerprint density at radius 2 is 0.611 bits per heavy atom. The molecule has 0 bridgehead atoms. The topological polar surface area (TPSA) is 36.9 Å². The molecule has 0 aliphatic carbocycles. The highest BCUT2D eigenvalue weighted by Crippen LogP contribution is 2.30. The van der Waals surface area contributed by atoms with E-state index >= 15 is 0 Å². The van der Waals surface area contributed by atoms with Gasteiger partial charge in [-0.15, -0.1) is 0 Å². The van der Waals surface area contributed by atoms with Crippen LogP contribution in [-0.4, -0.2) is 39.0 Å². The average molecular weight is 515 g/mol. The Morgan fingerprint density at radius 1 is 0.333 bits per heavy atom. The third kappa shape index (κ3) is 19.9. The van der Waals surface area contributed by atoms with Crippen LogP contribution in [0.4, 0.5) is 0 Å². The van der Waals surface area contributed by atoms with E-state index in [0.29, 0.717) is 38.3 Å². The first-order valence-corrected chi connectivity index (χ1v) is 16.1. The fourth-order valence-corrected chi connectivity index (χ4v) is 5.29.